The van der Waals surface area contributed by atoms with E-state index in [9.17, 15) is 4.79 Å². The molecule has 1 atom stereocenters. The number of benzene rings is 1. The second-order valence-corrected chi connectivity index (χ2v) is 9.10. The van der Waals surface area contributed by atoms with Gasteiger partial charge in [-0.05, 0) is 11.0 Å². The third-order valence-corrected chi connectivity index (χ3v) is 5.57. The molecule has 4 nitrogen and oxygen atoms in total. The summed E-state index contributed by atoms with van der Waals surface area (Å²) in [5.41, 5.74) is 3.67. The molecule has 2 aromatic heterocycles. The van der Waals surface area contributed by atoms with Gasteiger partial charge >= 0.3 is 0 Å². The van der Waals surface area contributed by atoms with Crippen LogP contribution in [0.2, 0.25) is 0 Å². The average Bonchev–Trinajstić information content (AvgIpc) is 3.03. The van der Waals surface area contributed by atoms with Crippen LogP contribution in [-0.4, -0.2) is 9.38 Å². The van der Waals surface area contributed by atoms with E-state index in [-0.39, 0.29) is 11.0 Å². The molecule has 0 amide bonds. The summed E-state index contributed by atoms with van der Waals surface area (Å²) in [4.78, 5) is 17.5. The van der Waals surface area contributed by atoms with E-state index in [1.807, 2.05) is 5.38 Å². The van der Waals surface area contributed by atoms with E-state index < -0.39 is 0 Å². The van der Waals surface area contributed by atoms with E-state index in [0.29, 0.717) is 18.5 Å². The Kier molecular flexibility index (Phi) is 5.30. The summed E-state index contributed by atoms with van der Waals surface area (Å²) in [6.45, 7) is 11.9. The minimum Gasteiger partial charge on any atom is -0.335 e. The first-order chi connectivity index (χ1) is 12.3. The standard InChI is InChI=1S/C21H27N3OS/c1-14(2)19(15-6-8-16(9-7-15)21(3,4)5)22-13-17-12-18(25)24-10-11-26-20(24)23-17/h6-12,14,19,22H,13H2,1-5H3/p+1/t19-/m0/s1. The van der Waals surface area contributed by atoms with Crippen LogP contribution in [-0.2, 0) is 12.0 Å². The molecule has 0 unspecified atom stereocenters. The van der Waals surface area contributed by atoms with Crippen LogP contribution in [0.4, 0.5) is 0 Å². The number of hydrogen-bond acceptors (Lipinski definition) is 3. The van der Waals surface area contributed by atoms with Crippen molar-refractivity contribution < 1.29 is 5.32 Å². The maximum absolute atomic E-state index is 12.2. The molecule has 0 fully saturated rings. The van der Waals surface area contributed by atoms with E-state index in [2.05, 4.69) is 69.2 Å². The first-order valence-electron chi connectivity index (χ1n) is 9.15. The Labute approximate surface area is 158 Å². The van der Waals surface area contributed by atoms with Crippen LogP contribution in [0.15, 0.2) is 46.7 Å². The number of fused-ring (bicyclic) bond motifs is 1. The Morgan fingerprint density at radius 1 is 1.19 bits per heavy atom. The van der Waals surface area contributed by atoms with Crippen molar-refractivity contribution in [1.29, 1.82) is 0 Å². The predicted octanol–water partition coefficient (Wildman–Crippen LogP) is 3.51. The van der Waals surface area contributed by atoms with Gasteiger partial charge in [-0.1, -0.05) is 58.9 Å². The Morgan fingerprint density at radius 2 is 1.88 bits per heavy atom. The lowest BCUT2D eigenvalue weighted by atomic mass is 9.85. The maximum atomic E-state index is 12.2. The fourth-order valence-electron chi connectivity index (χ4n) is 3.24. The van der Waals surface area contributed by atoms with Crippen molar-refractivity contribution >= 4 is 16.3 Å². The number of quaternary nitrogens is 1. The van der Waals surface area contributed by atoms with Crippen molar-refractivity contribution in [1.82, 2.24) is 9.38 Å². The Hall–Kier alpha value is -1.98. The molecular weight excluding hydrogens is 342 g/mol. The van der Waals surface area contributed by atoms with Crippen LogP contribution < -0.4 is 10.9 Å². The summed E-state index contributed by atoms with van der Waals surface area (Å²) in [5, 5.41) is 4.19. The van der Waals surface area contributed by atoms with Gasteiger partial charge in [0.15, 0.2) is 4.96 Å². The zero-order chi connectivity index (χ0) is 18.9. The summed E-state index contributed by atoms with van der Waals surface area (Å²) in [6.07, 6.45) is 1.77. The fraction of sp³-hybridized carbons (Fsp3) is 0.429. The molecule has 0 saturated heterocycles. The van der Waals surface area contributed by atoms with Gasteiger partial charge in [0.05, 0.1) is 0 Å². The monoisotopic (exact) mass is 370 g/mol. The second kappa shape index (κ2) is 7.33. The van der Waals surface area contributed by atoms with Crippen LogP contribution in [0.3, 0.4) is 0 Å². The number of aromatic nitrogens is 2. The van der Waals surface area contributed by atoms with Crippen LogP contribution in [0.25, 0.3) is 4.96 Å². The summed E-state index contributed by atoms with van der Waals surface area (Å²) in [5.74, 6) is 0.488. The predicted molar refractivity (Wildman–Crippen MR) is 108 cm³/mol. The minimum atomic E-state index is -0.00437. The van der Waals surface area contributed by atoms with Crippen LogP contribution in [0.5, 0.6) is 0 Å². The third kappa shape index (κ3) is 4.05. The molecule has 0 aliphatic rings. The third-order valence-electron chi connectivity index (χ3n) is 4.82. The molecule has 1 aromatic carbocycles. The van der Waals surface area contributed by atoms with Crippen LogP contribution in [0, 0.1) is 5.92 Å². The van der Waals surface area contributed by atoms with E-state index in [1.165, 1.54) is 22.5 Å². The van der Waals surface area contributed by atoms with Gasteiger partial charge in [0.1, 0.15) is 18.3 Å². The van der Waals surface area contributed by atoms with Crippen molar-refractivity contribution in [2.24, 2.45) is 5.92 Å². The van der Waals surface area contributed by atoms with Crippen molar-refractivity contribution in [3.05, 3.63) is 69.1 Å². The summed E-state index contributed by atoms with van der Waals surface area (Å²) in [7, 11) is 0. The van der Waals surface area contributed by atoms with E-state index in [4.69, 9.17) is 0 Å². The number of hydrogen-bond donors (Lipinski definition) is 1. The Balaban J connectivity index is 1.79. The zero-order valence-corrected chi connectivity index (χ0v) is 17.0. The first kappa shape index (κ1) is 18.8. The maximum Gasteiger partial charge on any atom is 0.258 e. The minimum absolute atomic E-state index is 0.00437. The second-order valence-electron chi connectivity index (χ2n) is 8.22. The normalized spacial score (nSPS) is 13.5. The van der Waals surface area contributed by atoms with Crippen LogP contribution in [0.1, 0.15) is 57.5 Å². The molecule has 0 aliphatic heterocycles. The number of rotatable bonds is 5. The van der Waals surface area contributed by atoms with Crippen molar-refractivity contribution in [2.75, 3.05) is 0 Å². The molecular formula is C21H28N3OS+. The van der Waals surface area contributed by atoms with E-state index >= 15 is 0 Å². The highest BCUT2D eigenvalue weighted by Crippen LogP contribution is 2.25. The molecule has 0 saturated carbocycles. The Morgan fingerprint density at radius 3 is 2.50 bits per heavy atom. The summed E-state index contributed by atoms with van der Waals surface area (Å²) in [6, 6.07) is 10.9. The van der Waals surface area contributed by atoms with Gasteiger partial charge in [0.2, 0.25) is 0 Å². The number of nitrogens with two attached hydrogens (primary N) is 1. The molecule has 138 valence electrons. The van der Waals surface area contributed by atoms with Crippen molar-refractivity contribution in [3.8, 4) is 0 Å². The Bertz CT molecular complexity index is 932. The van der Waals surface area contributed by atoms with Crippen LogP contribution >= 0.6 is 11.3 Å². The fourth-order valence-corrected chi connectivity index (χ4v) is 3.98. The molecule has 2 heterocycles. The number of nitrogens with zero attached hydrogens (tertiary/aromatic N) is 2. The molecule has 0 bridgehead atoms. The largest absolute Gasteiger partial charge is 0.335 e. The SMILES string of the molecule is CC(C)[C@H]([NH2+]Cc1cc(=O)n2ccsc2n1)c1ccc(C(C)(C)C)cc1. The molecule has 0 spiro atoms. The van der Waals surface area contributed by atoms with Gasteiger partial charge in [-0.25, -0.2) is 4.98 Å². The lowest BCUT2D eigenvalue weighted by Gasteiger charge is -2.22. The molecule has 5 heteroatoms. The molecule has 0 aliphatic carbocycles. The average molecular weight is 371 g/mol. The number of thiazole rings is 1. The lowest BCUT2D eigenvalue weighted by molar-refractivity contribution is -0.717. The topological polar surface area (TPSA) is 51.0 Å². The van der Waals surface area contributed by atoms with Gasteiger partial charge in [-0.2, -0.15) is 0 Å². The summed E-state index contributed by atoms with van der Waals surface area (Å²) < 4.78 is 1.60. The molecule has 26 heavy (non-hydrogen) atoms. The van der Waals surface area contributed by atoms with E-state index in [1.54, 1.807) is 16.7 Å². The van der Waals surface area contributed by atoms with Crippen molar-refractivity contribution in [3.63, 3.8) is 0 Å². The smallest absolute Gasteiger partial charge is 0.258 e. The van der Waals surface area contributed by atoms with Gasteiger partial charge in [0.25, 0.3) is 5.56 Å². The summed E-state index contributed by atoms with van der Waals surface area (Å²) >= 11 is 1.49. The molecule has 3 aromatic rings. The van der Waals surface area contributed by atoms with E-state index in [0.717, 1.165) is 10.7 Å². The first-order valence-corrected chi connectivity index (χ1v) is 10.0. The quantitative estimate of drug-likeness (QED) is 0.747. The van der Waals surface area contributed by atoms with Gasteiger partial charge < -0.3 is 5.32 Å². The molecule has 0 radical (unpaired) electrons. The highest BCUT2D eigenvalue weighted by Gasteiger charge is 2.21. The highest BCUT2D eigenvalue weighted by molar-refractivity contribution is 7.15. The molecule has 3 rings (SSSR count). The van der Waals surface area contributed by atoms with Gasteiger partial charge in [-0.15, -0.1) is 11.3 Å². The van der Waals surface area contributed by atoms with Crippen molar-refractivity contribution in [2.45, 2.75) is 52.6 Å². The lowest BCUT2D eigenvalue weighted by Crippen LogP contribution is -2.84. The molecule has 2 N–H and O–H groups in total. The van der Waals surface area contributed by atoms with Gasteiger partial charge in [-0.3, -0.25) is 9.20 Å². The van der Waals surface area contributed by atoms with Gasteiger partial charge in [0, 0.05) is 29.1 Å². The highest BCUT2D eigenvalue weighted by atomic mass is 32.1. The zero-order valence-electron chi connectivity index (χ0n) is 16.2.